The first-order chi connectivity index (χ1) is 20.4. The molecule has 0 spiro atoms. The zero-order chi connectivity index (χ0) is 31.5. The molecule has 2 radical (unpaired) electrons. The average Bonchev–Trinajstić information content (AvgIpc) is 3.60. The SMILES string of the molecule is CC(C)c1cc2c(-c3ccc(C(C)(C)C)cc3)cccc2[cH-]1.Cc1cc2c(-c3ccc(C)c(C)c3)ccc(C)c2[cH-]1.Cl.Cl.[CH3-].[CH3-].[Si]=[Zr]. The van der Waals surface area contributed by atoms with Crippen LogP contribution in [0, 0.1) is 42.5 Å². The molecule has 0 aromatic heterocycles. The second-order valence-electron chi connectivity index (χ2n) is 13.2. The Balaban J connectivity index is 0.000000797. The summed E-state index contributed by atoms with van der Waals surface area (Å²) in [5, 5.41) is 5.48. The molecule has 0 heterocycles. The first-order valence-corrected chi connectivity index (χ1v) is 19.4. The Morgan fingerprint density at radius 2 is 1.19 bits per heavy atom. The van der Waals surface area contributed by atoms with Crippen LogP contribution in [-0.2, 0) is 28.8 Å². The molecule has 0 amide bonds. The summed E-state index contributed by atoms with van der Waals surface area (Å²) in [6.07, 6.45) is 0. The first-order valence-electron chi connectivity index (χ1n) is 15.2. The van der Waals surface area contributed by atoms with E-state index in [2.05, 4.69) is 166 Å². The molecule has 6 rings (SSSR count). The van der Waals surface area contributed by atoms with Gasteiger partial charge < -0.3 is 14.9 Å². The van der Waals surface area contributed by atoms with E-state index in [0.29, 0.717) is 5.92 Å². The molecule has 0 atom stereocenters. The minimum atomic E-state index is 0. The van der Waals surface area contributed by atoms with Crippen LogP contribution in [0.3, 0.4) is 0 Å². The molecular weight excluding hydrogens is 707 g/mol. The number of fused-ring (bicyclic) bond motifs is 2. The van der Waals surface area contributed by atoms with Crippen molar-refractivity contribution in [3.8, 4) is 22.3 Å². The standard InChI is InChI=1S/C22H25.C19H19.2CH3.2ClH.Si.Zr/c1-15(2)18-13-17-7-6-8-20(21(17)14-18)16-9-11-19(12-10-16)22(3,4)5;1-12-9-18-14(3)6-8-17(19(18)10-12)16-7-5-13(2)15(4)11-16;;;;;;/h6-15H,1-5H3;5-11H,1-4H3;2*1H3;2*1H;;/q4*-1;;;;. The fourth-order valence-corrected chi connectivity index (χ4v) is 5.74. The van der Waals surface area contributed by atoms with Crippen molar-refractivity contribution >= 4 is 53.2 Å². The summed E-state index contributed by atoms with van der Waals surface area (Å²) in [7, 11) is 0. The van der Waals surface area contributed by atoms with Gasteiger partial charge in [0.15, 0.2) is 0 Å². The van der Waals surface area contributed by atoms with Crippen molar-refractivity contribution in [2.24, 2.45) is 0 Å². The monoisotopic (exact) mass is 756 g/mol. The van der Waals surface area contributed by atoms with E-state index in [9.17, 15) is 0 Å². The Hall–Kier alpha value is -2.22. The Morgan fingerprint density at radius 3 is 1.77 bits per heavy atom. The van der Waals surface area contributed by atoms with E-state index in [0.717, 1.165) is 0 Å². The van der Waals surface area contributed by atoms with Gasteiger partial charge in [0, 0.05) is 0 Å². The van der Waals surface area contributed by atoms with Crippen molar-refractivity contribution in [1.82, 2.24) is 0 Å². The Bertz CT molecular complexity index is 1850. The number of benzene rings is 4. The molecule has 0 saturated heterocycles. The number of hydrogen-bond acceptors (Lipinski definition) is 0. The van der Waals surface area contributed by atoms with Crippen LogP contribution in [0.1, 0.15) is 73.9 Å². The van der Waals surface area contributed by atoms with Gasteiger partial charge in [0.05, 0.1) is 0 Å². The maximum atomic E-state index is 3.06. The van der Waals surface area contributed by atoms with Gasteiger partial charge in [0.25, 0.3) is 0 Å². The van der Waals surface area contributed by atoms with Crippen LogP contribution in [0.4, 0.5) is 0 Å². The van der Waals surface area contributed by atoms with E-state index in [4.69, 9.17) is 0 Å². The quantitative estimate of drug-likeness (QED) is 0.125. The summed E-state index contributed by atoms with van der Waals surface area (Å²) in [4.78, 5) is 0. The Labute approximate surface area is 315 Å². The zero-order valence-electron chi connectivity index (χ0n) is 30.1. The van der Waals surface area contributed by atoms with E-state index in [1.807, 2.05) is 0 Å². The molecule has 47 heavy (non-hydrogen) atoms. The van der Waals surface area contributed by atoms with Gasteiger partial charge in [-0.25, -0.2) is 0 Å². The van der Waals surface area contributed by atoms with Gasteiger partial charge in [-0.1, -0.05) is 114 Å². The predicted octanol–water partition coefficient (Wildman–Crippen LogP) is 13.5. The van der Waals surface area contributed by atoms with Crippen LogP contribution < -0.4 is 0 Å². The van der Waals surface area contributed by atoms with Gasteiger partial charge in [-0.2, -0.15) is 12.1 Å². The molecule has 250 valence electrons. The second kappa shape index (κ2) is 19.1. The summed E-state index contributed by atoms with van der Waals surface area (Å²) in [5.74, 6) is 0.573. The normalized spacial score (nSPS) is 10.3. The molecule has 0 nitrogen and oxygen atoms in total. The summed E-state index contributed by atoms with van der Waals surface area (Å²) in [5.41, 5.74) is 13.7. The van der Waals surface area contributed by atoms with Gasteiger partial charge >= 0.3 is 30.2 Å². The zero-order valence-corrected chi connectivity index (χ0v) is 35.2. The predicted molar refractivity (Wildman–Crippen MR) is 215 cm³/mol. The van der Waals surface area contributed by atoms with Gasteiger partial charge in [-0.15, -0.1) is 93.4 Å². The molecular formula is C43H52Cl2SiZr-4. The molecule has 6 aromatic rings. The van der Waals surface area contributed by atoms with Crippen LogP contribution in [-0.4, -0.2) is 6.88 Å². The van der Waals surface area contributed by atoms with E-state index in [1.165, 1.54) is 101 Å². The van der Waals surface area contributed by atoms with Crippen molar-refractivity contribution in [3.05, 3.63) is 145 Å². The summed E-state index contributed by atoms with van der Waals surface area (Å²) in [6, 6.07) is 36.2. The van der Waals surface area contributed by atoms with Crippen molar-refractivity contribution in [3.63, 3.8) is 0 Å². The van der Waals surface area contributed by atoms with Gasteiger partial charge in [0.1, 0.15) is 0 Å². The first kappa shape index (κ1) is 44.8. The van der Waals surface area contributed by atoms with Crippen LogP contribution in [0.2, 0.25) is 0 Å². The molecule has 0 unspecified atom stereocenters. The third-order valence-electron chi connectivity index (χ3n) is 8.57. The van der Waals surface area contributed by atoms with Crippen molar-refractivity contribution in [2.75, 3.05) is 0 Å². The molecule has 0 saturated carbocycles. The average molecular weight is 759 g/mol. The molecule has 0 aliphatic heterocycles. The summed E-state index contributed by atoms with van der Waals surface area (Å²) in [6.45, 7) is 23.1. The van der Waals surface area contributed by atoms with Crippen molar-refractivity contribution < 1.29 is 23.3 Å². The molecule has 0 aliphatic rings. The molecule has 4 heteroatoms. The Morgan fingerprint density at radius 1 is 0.617 bits per heavy atom. The number of halogens is 2. The summed E-state index contributed by atoms with van der Waals surface area (Å²) >= 11 is 1.36. The number of aryl methyl sites for hydroxylation is 4. The van der Waals surface area contributed by atoms with E-state index >= 15 is 0 Å². The minimum absolute atomic E-state index is 0. The van der Waals surface area contributed by atoms with E-state index < -0.39 is 0 Å². The number of rotatable bonds is 3. The molecule has 0 bridgehead atoms. The van der Waals surface area contributed by atoms with E-state index in [1.54, 1.807) is 0 Å². The van der Waals surface area contributed by atoms with Gasteiger partial charge in [-0.05, 0) is 53.0 Å². The third kappa shape index (κ3) is 10.4. The molecule has 0 fully saturated rings. The van der Waals surface area contributed by atoms with Crippen molar-refractivity contribution in [1.29, 1.82) is 0 Å². The molecule has 0 N–H and O–H groups in total. The van der Waals surface area contributed by atoms with E-state index in [-0.39, 0.29) is 45.1 Å². The molecule has 0 aliphatic carbocycles. The van der Waals surface area contributed by atoms with Crippen LogP contribution in [0.25, 0.3) is 43.8 Å². The third-order valence-corrected chi connectivity index (χ3v) is 8.57. The summed E-state index contributed by atoms with van der Waals surface area (Å²) < 4.78 is 0. The fraction of sp³-hybridized carbons (Fsp3) is 0.256. The fourth-order valence-electron chi connectivity index (χ4n) is 5.74. The van der Waals surface area contributed by atoms with Gasteiger partial charge in [0.2, 0.25) is 0 Å². The Kier molecular flexibility index (Phi) is 18.2. The topological polar surface area (TPSA) is 0 Å². The van der Waals surface area contributed by atoms with Crippen LogP contribution in [0.15, 0.2) is 97.1 Å². The molecule has 6 aromatic carbocycles. The van der Waals surface area contributed by atoms with Gasteiger partial charge in [-0.3, -0.25) is 0 Å². The number of hydrogen-bond donors (Lipinski definition) is 0. The van der Waals surface area contributed by atoms with Crippen LogP contribution >= 0.6 is 24.8 Å². The van der Waals surface area contributed by atoms with Crippen LogP contribution in [0.5, 0.6) is 0 Å². The second-order valence-corrected chi connectivity index (χ2v) is 13.2. The van der Waals surface area contributed by atoms with Crippen molar-refractivity contribution in [2.45, 2.75) is 73.6 Å². The maximum absolute atomic E-state index is 3.06.